The van der Waals surface area contributed by atoms with Crippen LogP contribution in [0.2, 0.25) is 0 Å². The van der Waals surface area contributed by atoms with Crippen molar-refractivity contribution in [2.45, 2.75) is 58.3 Å². The van der Waals surface area contributed by atoms with Crippen LogP contribution in [0.25, 0.3) is 0 Å². The molecule has 0 bridgehead atoms. The van der Waals surface area contributed by atoms with E-state index in [0.29, 0.717) is 38.1 Å². The van der Waals surface area contributed by atoms with Crippen LogP contribution in [0.5, 0.6) is 0 Å². The van der Waals surface area contributed by atoms with Crippen LogP contribution in [0.15, 0.2) is 30.3 Å². The first-order chi connectivity index (χ1) is 13.1. The molecule has 0 aliphatic heterocycles. The van der Waals surface area contributed by atoms with Gasteiger partial charge >= 0.3 is 5.97 Å². The summed E-state index contributed by atoms with van der Waals surface area (Å²) in [7, 11) is 0. The molecule has 1 aromatic rings. The molecule has 0 spiro atoms. The first-order valence-corrected chi connectivity index (χ1v) is 9.89. The molecule has 0 fully saturated rings. The molecule has 0 aromatic heterocycles. The Labute approximate surface area is 162 Å². The Morgan fingerprint density at radius 1 is 0.815 bits per heavy atom. The van der Waals surface area contributed by atoms with E-state index < -0.39 is 0 Å². The number of hydrogen-bond acceptors (Lipinski definition) is 4. The van der Waals surface area contributed by atoms with Crippen LogP contribution in [-0.4, -0.2) is 37.5 Å². The van der Waals surface area contributed by atoms with Crippen LogP contribution in [0.3, 0.4) is 0 Å². The smallest absolute Gasteiger partial charge is 0.305 e. The van der Waals surface area contributed by atoms with Gasteiger partial charge in [0, 0.05) is 31.5 Å². The van der Waals surface area contributed by atoms with Gasteiger partial charge < -0.3 is 15.4 Å². The first-order valence-electron chi connectivity index (χ1n) is 9.89. The van der Waals surface area contributed by atoms with Crippen molar-refractivity contribution in [3.8, 4) is 0 Å². The molecule has 2 N–H and O–H groups in total. The zero-order valence-corrected chi connectivity index (χ0v) is 16.3. The molecule has 0 aliphatic carbocycles. The lowest BCUT2D eigenvalue weighted by Crippen LogP contribution is -2.25. The Kier molecular flexibility index (Phi) is 12.4. The van der Waals surface area contributed by atoms with Crippen molar-refractivity contribution >= 4 is 17.8 Å². The summed E-state index contributed by atoms with van der Waals surface area (Å²) < 4.78 is 4.86. The second-order valence-corrected chi connectivity index (χ2v) is 6.40. The minimum atomic E-state index is -0.151. The number of unbranched alkanes of at least 4 members (excludes halogenated alkanes) is 4. The Hall–Kier alpha value is -2.37. The van der Waals surface area contributed by atoms with Gasteiger partial charge in [-0.1, -0.05) is 31.0 Å². The lowest BCUT2D eigenvalue weighted by Gasteiger charge is -2.06. The molecule has 0 unspecified atom stereocenters. The summed E-state index contributed by atoms with van der Waals surface area (Å²) in [5.74, 6) is -0.147. The Balaban J connectivity index is 1.91. The monoisotopic (exact) mass is 376 g/mol. The summed E-state index contributed by atoms with van der Waals surface area (Å²) in [5.41, 5.74) is 0.666. The highest BCUT2D eigenvalue weighted by molar-refractivity contribution is 5.94. The number of amides is 2. The summed E-state index contributed by atoms with van der Waals surface area (Å²) >= 11 is 0. The lowest BCUT2D eigenvalue weighted by atomic mass is 10.1. The lowest BCUT2D eigenvalue weighted by molar-refractivity contribution is -0.143. The number of ether oxygens (including phenoxy) is 1. The van der Waals surface area contributed by atoms with Crippen LogP contribution < -0.4 is 10.6 Å². The maximum absolute atomic E-state index is 11.8. The molecule has 0 atom stereocenters. The van der Waals surface area contributed by atoms with Crippen LogP contribution in [0.1, 0.15) is 68.6 Å². The number of carbonyl (C=O) groups excluding carboxylic acids is 3. The highest BCUT2D eigenvalue weighted by Crippen LogP contribution is 2.03. The minimum Gasteiger partial charge on any atom is -0.466 e. The topological polar surface area (TPSA) is 84.5 Å². The number of nitrogens with one attached hydrogen (secondary N) is 2. The highest BCUT2D eigenvalue weighted by atomic mass is 16.5. The van der Waals surface area contributed by atoms with Gasteiger partial charge in [-0.15, -0.1) is 0 Å². The highest BCUT2D eigenvalue weighted by Gasteiger charge is 2.04. The minimum absolute atomic E-state index is 0.0590. The predicted octanol–water partition coefficient (Wildman–Crippen LogP) is 3.22. The van der Waals surface area contributed by atoms with Crippen LogP contribution >= 0.6 is 0 Å². The third-order valence-electron chi connectivity index (χ3n) is 4.09. The molecule has 0 radical (unpaired) electrons. The van der Waals surface area contributed by atoms with Gasteiger partial charge in [0.2, 0.25) is 5.91 Å². The van der Waals surface area contributed by atoms with Gasteiger partial charge in [0.1, 0.15) is 0 Å². The van der Waals surface area contributed by atoms with Crippen molar-refractivity contribution in [1.29, 1.82) is 0 Å². The average molecular weight is 376 g/mol. The molecule has 27 heavy (non-hydrogen) atoms. The van der Waals surface area contributed by atoms with Crippen molar-refractivity contribution in [2.24, 2.45) is 0 Å². The van der Waals surface area contributed by atoms with Gasteiger partial charge in [-0.05, 0) is 44.7 Å². The van der Waals surface area contributed by atoms with Crippen molar-refractivity contribution < 1.29 is 19.1 Å². The van der Waals surface area contributed by atoms with Gasteiger partial charge in [-0.2, -0.15) is 0 Å². The van der Waals surface area contributed by atoms with E-state index in [4.69, 9.17) is 4.74 Å². The molecule has 0 saturated carbocycles. The van der Waals surface area contributed by atoms with E-state index in [-0.39, 0.29) is 17.8 Å². The average Bonchev–Trinajstić information content (AvgIpc) is 2.68. The van der Waals surface area contributed by atoms with E-state index in [2.05, 4.69) is 10.6 Å². The summed E-state index contributed by atoms with van der Waals surface area (Å²) in [6, 6.07) is 9.14. The normalized spacial score (nSPS) is 10.3. The van der Waals surface area contributed by atoms with E-state index in [0.717, 1.165) is 38.5 Å². The zero-order chi connectivity index (χ0) is 19.7. The number of benzene rings is 1. The maximum Gasteiger partial charge on any atom is 0.305 e. The van der Waals surface area contributed by atoms with Gasteiger partial charge in [0.05, 0.1) is 6.61 Å². The maximum atomic E-state index is 11.8. The number of esters is 1. The zero-order valence-electron chi connectivity index (χ0n) is 16.3. The Morgan fingerprint density at radius 3 is 2.11 bits per heavy atom. The van der Waals surface area contributed by atoms with Crippen molar-refractivity contribution in [2.75, 3.05) is 19.7 Å². The molecule has 1 rings (SSSR count). The van der Waals surface area contributed by atoms with Crippen molar-refractivity contribution in [3.05, 3.63) is 35.9 Å². The number of hydrogen-bond donors (Lipinski definition) is 2. The van der Waals surface area contributed by atoms with E-state index >= 15 is 0 Å². The van der Waals surface area contributed by atoms with Crippen LogP contribution in [-0.2, 0) is 14.3 Å². The SMILES string of the molecule is CCOC(=O)CCCCCNC(=O)CCCCCNC(=O)c1ccccc1. The van der Waals surface area contributed by atoms with Gasteiger partial charge in [-0.3, -0.25) is 14.4 Å². The van der Waals surface area contributed by atoms with Crippen molar-refractivity contribution in [1.82, 2.24) is 10.6 Å². The summed E-state index contributed by atoms with van der Waals surface area (Å²) in [5, 5.41) is 5.79. The summed E-state index contributed by atoms with van der Waals surface area (Å²) in [6.07, 6.45) is 6.11. The summed E-state index contributed by atoms with van der Waals surface area (Å²) in [4.78, 5) is 34.8. The van der Waals surface area contributed by atoms with Crippen molar-refractivity contribution in [3.63, 3.8) is 0 Å². The second-order valence-electron chi connectivity index (χ2n) is 6.40. The second kappa shape index (κ2) is 14.8. The molecule has 6 heteroatoms. The largest absolute Gasteiger partial charge is 0.466 e. The third-order valence-corrected chi connectivity index (χ3v) is 4.09. The van der Waals surface area contributed by atoms with E-state index in [1.807, 2.05) is 18.2 Å². The summed E-state index contributed by atoms with van der Waals surface area (Å²) in [6.45, 7) is 3.49. The molecular weight excluding hydrogens is 344 g/mol. The number of rotatable bonds is 14. The fraction of sp³-hybridized carbons (Fsp3) is 0.571. The van der Waals surface area contributed by atoms with E-state index in [1.54, 1.807) is 19.1 Å². The Morgan fingerprint density at radius 2 is 1.44 bits per heavy atom. The predicted molar refractivity (Wildman–Crippen MR) is 105 cm³/mol. The molecule has 6 nitrogen and oxygen atoms in total. The van der Waals surface area contributed by atoms with Crippen LogP contribution in [0, 0.1) is 0 Å². The molecule has 0 saturated heterocycles. The standard InChI is InChI=1S/C21H32N2O4/c1-2-27-20(25)15-9-5-10-16-22-19(24)14-8-4-11-17-23-21(26)18-12-6-3-7-13-18/h3,6-7,12-13H,2,4-5,8-11,14-17H2,1H3,(H,22,24)(H,23,26). The molecule has 1 aromatic carbocycles. The molecule has 0 heterocycles. The number of carbonyl (C=O) groups is 3. The van der Waals surface area contributed by atoms with Gasteiger partial charge in [0.25, 0.3) is 5.91 Å². The van der Waals surface area contributed by atoms with E-state index in [1.165, 1.54) is 0 Å². The van der Waals surface area contributed by atoms with Crippen LogP contribution in [0.4, 0.5) is 0 Å². The molecular formula is C21H32N2O4. The molecule has 150 valence electrons. The van der Waals surface area contributed by atoms with Gasteiger partial charge in [-0.25, -0.2) is 0 Å². The first kappa shape index (κ1) is 22.7. The van der Waals surface area contributed by atoms with Gasteiger partial charge in [0.15, 0.2) is 0 Å². The van der Waals surface area contributed by atoms with E-state index in [9.17, 15) is 14.4 Å². The fourth-order valence-corrected chi connectivity index (χ4v) is 2.60. The molecule has 2 amide bonds. The third kappa shape index (κ3) is 11.8. The quantitative estimate of drug-likeness (QED) is 0.386. The fourth-order valence-electron chi connectivity index (χ4n) is 2.60. The molecule has 0 aliphatic rings. The Bertz CT molecular complexity index is 561.